The average molecular weight is 299 g/mol. The molecule has 116 valence electrons. The molecule has 2 aromatic rings. The highest BCUT2D eigenvalue weighted by molar-refractivity contribution is 5.93. The van der Waals surface area contributed by atoms with E-state index in [0.29, 0.717) is 0 Å². The Kier molecular flexibility index (Phi) is 5.38. The van der Waals surface area contributed by atoms with E-state index in [1.165, 1.54) is 0 Å². The summed E-state index contributed by atoms with van der Waals surface area (Å²) < 4.78 is 0. The molecule has 0 spiro atoms. The molecule has 0 fully saturated rings. The van der Waals surface area contributed by atoms with Crippen LogP contribution in [0.5, 0.6) is 0 Å². The number of rotatable bonds is 5. The first-order chi connectivity index (χ1) is 10.6. The molecule has 0 aliphatic heterocycles. The van der Waals surface area contributed by atoms with E-state index in [-0.39, 0.29) is 12.6 Å². The number of carbonyl (C=O) groups excluding carboxylic acids is 1. The van der Waals surface area contributed by atoms with Gasteiger partial charge in [0.05, 0.1) is 24.0 Å². The third-order valence-corrected chi connectivity index (χ3v) is 3.32. The molecule has 22 heavy (non-hydrogen) atoms. The second-order valence-corrected chi connectivity index (χ2v) is 5.16. The Morgan fingerprint density at radius 3 is 2.36 bits per heavy atom. The van der Waals surface area contributed by atoms with Crippen molar-refractivity contribution in [1.29, 1.82) is 0 Å². The zero-order valence-corrected chi connectivity index (χ0v) is 12.8. The number of anilines is 2. The first-order valence-electron chi connectivity index (χ1n) is 7.11. The van der Waals surface area contributed by atoms with Gasteiger partial charge in [-0.1, -0.05) is 42.5 Å². The van der Waals surface area contributed by atoms with Crippen LogP contribution in [0.1, 0.15) is 11.6 Å². The Morgan fingerprint density at radius 2 is 1.73 bits per heavy atom. The van der Waals surface area contributed by atoms with Gasteiger partial charge in [-0.05, 0) is 17.7 Å². The summed E-state index contributed by atoms with van der Waals surface area (Å²) in [7, 11) is 3.83. The molecule has 0 aliphatic carbocycles. The zero-order valence-electron chi connectivity index (χ0n) is 12.8. The number of urea groups is 1. The minimum absolute atomic E-state index is 0.160. The smallest absolute Gasteiger partial charge is 0.319 e. The van der Waals surface area contributed by atoms with Crippen LogP contribution in [0.25, 0.3) is 0 Å². The Bertz CT molecular complexity index is 614. The van der Waals surface area contributed by atoms with E-state index in [2.05, 4.69) is 10.6 Å². The number of carbonyl (C=O) groups is 1. The number of benzene rings is 2. The van der Waals surface area contributed by atoms with E-state index in [4.69, 9.17) is 0 Å². The van der Waals surface area contributed by atoms with Crippen molar-refractivity contribution in [3.63, 3.8) is 0 Å². The zero-order chi connectivity index (χ0) is 15.9. The van der Waals surface area contributed by atoms with Gasteiger partial charge >= 0.3 is 6.03 Å². The van der Waals surface area contributed by atoms with E-state index in [9.17, 15) is 9.90 Å². The molecule has 2 rings (SSSR count). The molecule has 0 radical (unpaired) electrons. The van der Waals surface area contributed by atoms with Crippen LogP contribution in [-0.2, 0) is 0 Å². The van der Waals surface area contributed by atoms with Gasteiger partial charge in [0, 0.05) is 14.1 Å². The molecule has 0 aliphatic rings. The predicted octanol–water partition coefficient (Wildman–Crippen LogP) is 2.61. The minimum atomic E-state index is -0.437. The Hall–Kier alpha value is -2.53. The lowest BCUT2D eigenvalue weighted by atomic mass is 10.1. The summed E-state index contributed by atoms with van der Waals surface area (Å²) in [5.74, 6) is 0. The monoisotopic (exact) mass is 299 g/mol. The van der Waals surface area contributed by atoms with Crippen molar-refractivity contribution in [3.8, 4) is 0 Å². The number of hydrogen-bond acceptors (Lipinski definition) is 3. The van der Waals surface area contributed by atoms with Gasteiger partial charge < -0.3 is 20.6 Å². The molecule has 0 aromatic heterocycles. The molecule has 2 amide bonds. The van der Waals surface area contributed by atoms with Crippen LogP contribution in [0.3, 0.4) is 0 Å². The van der Waals surface area contributed by atoms with Crippen LogP contribution < -0.4 is 15.5 Å². The fourth-order valence-electron chi connectivity index (χ4n) is 2.21. The van der Waals surface area contributed by atoms with Crippen molar-refractivity contribution in [2.75, 3.05) is 30.9 Å². The molecule has 5 heteroatoms. The van der Waals surface area contributed by atoms with Gasteiger partial charge in [-0.3, -0.25) is 0 Å². The van der Waals surface area contributed by atoms with E-state index < -0.39 is 6.04 Å². The van der Waals surface area contributed by atoms with Gasteiger partial charge in [-0.25, -0.2) is 4.79 Å². The molecule has 0 saturated carbocycles. The quantitative estimate of drug-likeness (QED) is 0.795. The largest absolute Gasteiger partial charge is 0.394 e. The number of aliphatic hydroxyl groups excluding tert-OH is 1. The molecular weight excluding hydrogens is 278 g/mol. The van der Waals surface area contributed by atoms with Gasteiger partial charge in [0.25, 0.3) is 0 Å². The minimum Gasteiger partial charge on any atom is -0.394 e. The maximum atomic E-state index is 12.2. The van der Waals surface area contributed by atoms with Crippen LogP contribution in [0.4, 0.5) is 16.2 Å². The number of para-hydroxylation sites is 2. The Morgan fingerprint density at radius 1 is 1.09 bits per heavy atom. The first-order valence-corrected chi connectivity index (χ1v) is 7.11. The molecule has 3 N–H and O–H groups in total. The fourth-order valence-corrected chi connectivity index (χ4v) is 2.21. The standard InChI is InChI=1S/C17H21N3O2/c1-20(2)16-11-7-6-10-14(16)18-17(22)19-15(12-21)13-8-4-3-5-9-13/h3-11,15,21H,12H2,1-2H3,(H2,18,19,22). The predicted molar refractivity (Wildman–Crippen MR) is 89.2 cm³/mol. The lowest BCUT2D eigenvalue weighted by Gasteiger charge is -2.20. The van der Waals surface area contributed by atoms with E-state index >= 15 is 0 Å². The summed E-state index contributed by atoms with van der Waals surface area (Å²) in [5, 5.41) is 15.1. The highest BCUT2D eigenvalue weighted by Crippen LogP contribution is 2.23. The highest BCUT2D eigenvalue weighted by atomic mass is 16.3. The summed E-state index contributed by atoms with van der Waals surface area (Å²) >= 11 is 0. The number of aliphatic hydroxyl groups is 1. The molecule has 1 atom stereocenters. The van der Waals surface area contributed by atoms with Crippen LogP contribution in [0.15, 0.2) is 54.6 Å². The molecule has 0 heterocycles. The van der Waals surface area contributed by atoms with E-state index in [1.54, 1.807) is 0 Å². The number of nitrogens with zero attached hydrogens (tertiary/aromatic N) is 1. The molecule has 5 nitrogen and oxygen atoms in total. The third kappa shape index (κ3) is 3.99. The van der Waals surface area contributed by atoms with Crippen molar-refractivity contribution >= 4 is 17.4 Å². The SMILES string of the molecule is CN(C)c1ccccc1NC(=O)NC(CO)c1ccccc1. The first kappa shape index (κ1) is 15.9. The molecule has 1 unspecified atom stereocenters. The molecular formula is C17H21N3O2. The van der Waals surface area contributed by atoms with E-state index in [1.807, 2.05) is 73.6 Å². The van der Waals surface area contributed by atoms with Crippen molar-refractivity contribution in [3.05, 3.63) is 60.2 Å². The van der Waals surface area contributed by atoms with Crippen LogP contribution in [-0.4, -0.2) is 31.8 Å². The van der Waals surface area contributed by atoms with Gasteiger partial charge in [0.15, 0.2) is 0 Å². The highest BCUT2D eigenvalue weighted by Gasteiger charge is 2.14. The average Bonchev–Trinajstić information content (AvgIpc) is 2.53. The van der Waals surface area contributed by atoms with Gasteiger partial charge in [-0.2, -0.15) is 0 Å². The molecule has 0 bridgehead atoms. The summed E-state index contributed by atoms with van der Waals surface area (Å²) in [4.78, 5) is 14.1. The second-order valence-electron chi connectivity index (χ2n) is 5.16. The van der Waals surface area contributed by atoms with E-state index in [0.717, 1.165) is 16.9 Å². The Labute approximate surface area is 130 Å². The Balaban J connectivity index is 2.07. The van der Waals surface area contributed by atoms with Crippen LogP contribution in [0, 0.1) is 0 Å². The van der Waals surface area contributed by atoms with Gasteiger partial charge in [0.2, 0.25) is 0 Å². The van der Waals surface area contributed by atoms with Gasteiger partial charge in [-0.15, -0.1) is 0 Å². The number of hydrogen-bond donors (Lipinski definition) is 3. The van der Waals surface area contributed by atoms with Crippen molar-refractivity contribution in [1.82, 2.24) is 5.32 Å². The topological polar surface area (TPSA) is 64.6 Å². The normalized spacial score (nSPS) is 11.6. The summed E-state index contributed by atoms with van der Waals surface area (Å²) in [5.41, 5.74) is 2.49. The van der Waals surface area contributed by atoms with Crippen molar-refractivity contribution < 1.29 is 9.90 Å². The maximum absolute atomic E-state index is 12.2. The fraction of sp³-hybridized carbons (Fsp3) is 0.235. The summed E-state index contributed by atoms with van der Waals surface area (Å²) in [6.45, 7) is -0.160. The molecule has 2 aromatic carbocycles. The summed E-state index contributed by atoms with van der Waals surface area (Å²) in [6, 6.07) is 16.1. The number of amides is 2. The van der Waals surface area contributed by atoms with Crippen LogP contribution in [0.2, 0.25) is 0 Å². The third-order valence-electron chi connectivity index (χ3n) is 3.32. The number of nitrogens with one attached hydrogen (secondary N) is 2. The molecule has 0 saturated heterocycles. The van der Waals surface area contributed by atoms with Crippen molar-refractivity contribution in [2.24, 2.45) is 0 Å². The summed E-state index contributed by atoms with van der Waals surface area (Å²) in [6.07, 6.45) is 0. The lowest BCUT2D eigenvalue weighted by Crippen LogP contribution is -2.34. The van der Waals surface area contributed by atoms with Crippen LogP contribution >= 0.6 is 0 Å². The maximum Gasteiger partial charge on any atom is 0.319 e. The lowest BCUT2D eigenvalue weighted by molar-refractivity contribution is 0.225. The van der Waals surface area contributed by atoms with Gasteiger partial charge in [0.1, 0.15) is 0 Å². The van der Waals surface area contributed by atoms with Crippen molar-refractivity contribution in [2.45, 2.75) is 6.04 Å². The second kappa shape index (κ2) is 7.47.